The fourth-order valence-electron chi connectivity index (χ4n) is 4.27. The van der Waals surface area contributed by atoms with Gasteiger partial charge in [0.15, 0.2) is 11.5 Å². The third-order valence-electron chi connectivity index (χ3n) is 6.00. The molecule has 9 heteroatoms. The number of methoxy groups -OCH3 is 3. The maximum Gasteiger partial charge on any atom is 0.300 e. The summed E-state index contributed by atoms with van der Waals surface area (Å²) in [4.78, 5) is 28.2. The Balaban J connectivity index is 1.98. The molecule has 3 aromatic carbocycles. The number of carbonyl (C=O) groups excluding carboxylic acids is 2. The van der Waals surface area contributed by atoms with Gasteiger partial charge in [0.25, 0.3) is 11.7 Å². The van der Waals surface area contributed by atoms with Gasteiger partial charge in [-0.25, -0.2) is 0 Å². The lowest BCUT2D eigenvalue weighted by molar-refractivity contribution is -0.132. The van der Waals surface area contributed by atoms with E-state index in [0.29, 0.717) is 45.9 Å². The van der Waals surface area contributed by atoms with E-state index in [4.69, 9.17) is 30.5 Å². The van der Waals surface area contributed by atoms with E-state index in [2.05, 4.69) is 0 Å². The normalized spacial score (nSPS) is 16.6. The van der Waals surface area contributed by atoms with Gasteiger partial charge in [-0.15, -0.1) is 0 Å². The summed E-state index contributed by atoms with van der Waals surface area (Å²) in [5.74, 6) is -0.254. The number of hydrogen-bond donors (Lipinski definition) is 1. The highest BCUT2D eigenvalue weighted by molar-refractivity contribution is 6.51. The van der Waals surface area contributed by atoms with Crippen LogP contribution in [0.15, 0.2) is 66.2 Å². The Morgan fingerprint density at radius 3 is 2.35 bits per heavy atom. The fourth-order valence-corrected chi connectivity index (χ4v) is 4.46. The van der Waals surface area contributed by atoms with Gasteiger partial charge in [0.05, 0.1) is 44.6 Å². The smallest absolute Gasteiger partial charge is 0.300 e. The first-order valence-electron chi connectivity index (χ1n) is 11.4. The Labute approximate surface area is 219 Å². The van der Waals surface area contributed by atoms with Crippen molar-refractivity contribution in [2.24, 2.45) is 0 Å². The molecule has 1 aliphatic heterocycles. The van der Waals surface area contributed by atoms with Crippen LogP contribution in [0.25, 0.3) is 5.76 Å². The first kappa shape index (κ1) is 25.9. The molecule has 8 nitrogen and oxygen atoms in total. The van der Waals surface area contributed by atoms with Crippen molar-refractivity contribution in [3.8, 4) is 23.0 Å². The van der Waals surface area contributed by atoms with Gasteiger partial charge in [0.1, 0.15) is 17.3 Å². The zero-order valence-corrected chi connectivity index (χ0v) is 21.5. The second kappa shape index (κ2) is 10.8. The Kier molecular flexibility index (Phi) is 7.59. The highest BCUT2D eigenvalue weighted by Gasteiger charge is 2.47. The van der Waals surface area contributed by atoms with Crippen molar-refractivity contribution in [2.75, 3.05) is 32.8 Å². The third kappa shape index (κ3) is 4.80. The summed E-state index contributed by atoms with van der Waals surface area (Å²) in [6, 6.07) is 15.5. The van der Waals surface area contributed by atoms with Gasteiger partial charge in [0, 0.05) is 17.3 Å². The topological polar surface area (TPSA) is 94.5 Å². The van der Waals surface area contributed by atoms with Crippen molar-refractivity contribution in [1.29, 1.82) is 0 Å². The number of anilines is 1. The minimum absolute atomic E-state index is 0.0928. The molecule has 1 N–H and O–H groups in total. The molecule has 0 aliphatic carbocycles. The summed E-state index contributed by atoms with van der Waals surface area (Å²) in [6.07, 6.45) is 0. The van der Waals surface area contributed by atoms with Crippen LogP contribution in [-0.4, -0.2) is 44.7 Å². The zero-order valence-electron chi connectivity index (χ0n) is 20.8. The van der Waals surface area contributed by atoms with E-state index < -0.39 is 17.7 Å². The van der Waals surface area contributed by atoms with Gasteiger partial charge in [-0.3, -0.25) is 14.5 Å². The van der Waals surface area contributed by atoms with Gasteiger partial charge >= 0.3 is 0 Å². The standard InChI is InChI=1S/C28H26ClNO7/c1-5-37-23-13-16(10-12-21(23)35-3)25-24(26(31)17-9-11-20(29)22(14-17)36-4)27(32)28(33)30(25)18-7-6-8-19(15-18)34-2/h6-15,25,31H,5H2,1-4H3/b26-24-. The third-order valence-corrected chi connectivity index (χ3v) is 6.32. The first-order valence-corrected chi connectivity index (χ1v) is 11.8. The van der Waals surface area contributed by atoms with Crippen LogP contribution in [0.1, 0.15) is 24.1 Å². The van der Waals surface area contributed by atoms with Crippen LogP contribution in [0, 0.1) is 0 Å². The maximum atomic E-state index is 13.4. The number of benzene rings is 3. The lowest BCUT2D eigenvalue weighted by Crippen LogP contribution is -2.29. The SMILES string of the molecule is CCOc1cc(C2/C(=C(/O)c3ccc(Cl)c(OC)c3)C(=O)C(=O)N2c2cccc(OC)c2)ccc1OC. The van der Waals surface area contributed by atoms with Crippen LogP contribution in [-0.2, 0) is 9.59 Å². The molecule has 1 aliphatic rings. The average molecular weight is 524 g/mol. The molecule has 1 fully saturated rings. The summed E-state index contributed by atoms with van der Waals surface area (Å²) < 4.78 is 21.7. The molecule has 0 radical (unpaired) electrons. The first-order chi connectivity index (χ1) is 17.8. The molecule has 1 heterocycles. The molecule has 1 amide bonds. The molecule has 1 saturated heterocycles. The number of ketones is 1. The molecule has 0 aromatic heterocycles. The second-order valence-corrected chi connectivity index (χ2v) is 8.47. The van der Waals surface area contributed by atoms with Crippen molar-refractivity contribution in [3.05, 3.63) is 82.4 Å². The number of hydrogen-bond acceptors (Lipinski definition) is 7. The number of aliphatic hydroxyl groups is 1. The minimum atomic E-state index is -0.973. The average Bonchev–Trinajstić information content (AvgIpc) is 3.18. The van der Waals surface area contributed by atoms with Crippen molar-refractivity contribution in [2.45, 2.75) is 13.0 Å². The quantitative estimate of drug-likeness (QED) is 0.240. The fraction of sp³-hybridized carbons (Fsp3) is 0.214. The van der Waals surface area contributed by atoms with Crippen molar-refractivity contribution in [1.82, 2.24) is 0 Å². The number of aliphatic hydroxyl groups excluding tert-OH is 1. The van der Waals surface area contributed by atoms with Crippen LogP contribution < -0.4 is 23.8 Å². The molecule has 0 bridgehead atoms. The predicted octanol–water partition coefficient (Wildman–Crippen LogP) is 5.39. The Hall–Kier alpha value is -4.17. The van der Waals surface area contributed by atoms with E-state index in [1.54, 1.807) is 54.6 Å². The van der Waals surface area contributed by atoms with Crippen molar-refractivity contribution in [3.63, 3.8) is 0 Å². The van der Waals surface area contributed by atoms with Crippen molar-refractivity contribution < 1.29 is 33.6 Å². The maximum absolute atomic E-state index is 13.4. The van der Waals surface area contributed by atoms with Crippen LogP contribution >= 0.6 is 11.6 Å². The minimum Gasteiger partial charge on any atom is -0.507 e. The summed E-state index contributed by atoms with van der Waals surface area (Å²) in [5.41, 5.74) is 1.14. The predicted molar refractivity (Wildman–Crippen MR) is 140 cm³/mol. The van der Waals surface area contributed by atoms with Gasteiger partial charge in [-0.1, -0.05) is 23.7 Å². The number of rotatable bonds is 8. The van der Waals surface area contributed by atoms with Crippen LogP contribution in [0.2, 0.25) is 5.02 Å². The van der Waals surface area contributed by atoms with Crippen LogP contribution in [0.5, 0.6) is 23.0 Å². The number of amides is 1. The molecule has 3 aromatic rings. The van der Waals surface area contributed by atoms with Crippen molar-refractivity contribution >= 4 is 34.7 Å². The molecule has 192 valence electrons. The number of ether oxygens (including phenoxy) is 4. The number of Topliss-reactive ketones (excluding diaryl/α,β-unsaturated/α-hetero) is 1. The molecule has 37 heavy (non-hydrogen) atoms. The highest BCUT2D eigenvalue weighted by Crippen LogP contribution is 2.45. The van der Waals surface area contributed by atoms with E-state index in [0.717, 1.165) is 0 Å². The molecular formula is C28H26ClNO7. The largest absolute Gasteiger partial charge is 0.507 e. The summed E-state index contributed by atoms with van der Waals surface area (Å²) in [7, 11) is 4.48. The van der Waals surface area contributed by atoms with Crippen LogP contribution in [0.4, 0.5) is 5.69 Å². The second-order valence-electron chi connectivity index (χ2n) is 8.06. The molecule has 1 unspecified atom stereocenters. The van der Waals surface area contributed by atoms with E-state index in [-0.39, 0.29) is 16.9 Å². The molecular weight excluding hydrogens is 498 g/mol. The Morgan fingerprint density at radius 2 is 1.68 bits per heavy atom. The molecule has 4 rings (SSSR count). The summed E-state index contributed by atoms with van der Waals surface area (Å²) in [6.45, 7) is 2.21. The molecule has 0 spiro atoms. The summed E-state index contributed by atoms with van der Waals surface area (Å²) >= 11 is 6.15. The number of halogens is 1. The Morgan fingerprint density at radius 1 is 0.919 bits per heavy atom. The summed E-state index contributed by atoms with van der Waals surface area (Å²) in [5, 5.41) is 11.7. The van der Waals surface area contributed by atoms with E-state index >= 15 is 0 Å². The number of nitrogens with zero attached hydrogens (tertiary/aromatic N) is 1. The lowest BCUT2D eigenvalue weighted by Gasteiger charge is -2.26. The molecule has 1 atom stereocenters. The van der Waals surface area contributed by atoms with Gasteiger partial charge in [-0.05, 0) is 55.0 Å². The lowest BCUT2D eigenvalue weighted by atomic mass is 9.94. The van der Waals surface area contributed by atoms with E-state index in [1.165, 1.54) is 32.3 Å². The molecule has 0 saturated carbocycles. The zero-order chi connectivity index (χ0) is 26.7. The Bertz CT molecular complexity index is 1380. The van der Waals surface area contributed by atoms with Crippen LogP contribution in [0.3, 0.4) is 0 Å². The number of carbonyl (C=O) groups is 2. The highest BCUT2D eigenvalue weighted by atomic mass is 35.5. The van der Waals surface area contributed by atoms with Gasteiger partial charge in [-0.2, -0.15) is 0 Å². The van der Waals surface area contributed by atoms with Gasteiger partial charge < -0.3 is 24.1 Å². The van der Waals surface area contributed by atoms with E-state index in [9.17, 15) is 14.7 Å². The van der Waals surface area contributed by atoms with E-state index in [1.807, 2.05) is 6.92 Å². The van der Waals surface area contributed by atoms with Gasteiger partial charge in [0.2, 0.25) is 0 Å². The monoisotopic (exact) mass is 523 g/mol.